The Morgan fingerprint density at radius 2 is 2.17 bits per heavy atom. The molecule has 0 aliphatic heterocycles. The van der Waals surface area contributed by atoms with Crippen LogP contribution in [0.25, 0.3) is 0 Å². The van der Waals surface area contributed by atoms with Crippen molar-refractivity contribution in [2.75, 3.05) is 0 Å². The van der Waals surface area contributed by atoms with Gasteiger partial charge in [0.15, 0.2) is 0 Å². The van der Waals surface area contributed by atoms with Crippen LogP contribution in [0.4, 0.5) is 0 Å². The molecule has 0 spiro atoms. The monoisotopic (exact) mass is 334 g/mol. The van der Waals surface area contributed by atoms with Crippen molar-refractivity contribution in [3.05, 3.63) is 34.3 Å². The SMILES string of the molecule is CCCC(N)C(=O)NC(C)c1cccc(Br)c1.Cl. The summed E-state index contributed by atoms with van der Waals surface area (Å²) >= 11 is 3.41. The van der Waals surface area contributed by atoms with Gasteiger partial charge in [0.25, 0.3) is 0 Å². The molecule has 0 aromatic heterocycles. The third kappa shape index (κ3) is 5.38. The molecule has 1 aromatic rings. The van der Waals surface area contributed by atoms with Gasteiger partial charge in [-0.05, 0) is 31.0 Å². The van der Waals surface area contributed by atoms with Crippen LogP contribution in [0.3, 0.4) is 0 Å². The first-order valence-electron chi connectivity index (χ1n) is 5.86. The summed E-state index contributed by atoms with van der Waals surface area (Å²) < 4.78 is 1.01. The van der Waals surface area contributed by atoms with E-state index in [9.17, 15) is 4.79 Å². The molecule has 2 atom stereocenters. The van der Waals surface area contributed by atoms with E-state index in [4.69, 9.17) is 5.73 Å². The van der Waals surface area contributed by atoms with Crippen LogP contribution in [-0.2, 0) is 4.79 Å². The van der Waals surface area contributed by atoms with Gasteiger partial charge in [0.05, 0.1) is 12.1 Å². The van der Waals surface area contributed by atoms with Crippen molar-refractivity contribution in [1.29, 1.82) is 0 Å². The maximum atomic E-state index is 11.8. The summed E-state index contributed by atoms with van der Waals surface area (Å²) in [5.41, 5.74) is 6.83. The van der Waals surface area contributed by atoms with E-state index in [1.165, 1.54) is 0 Å². The largest absolute Gasteiger partial charge is 0.348 e. The summed E-state index contributed by atoms with van der Waals surface area (Å²) in [7, 11) is 0. The normalized spacial score (nSPS) is 13.3. The quantitative estimate of drug-likeness (QED) is 0.868. The second-order valence-corrected chi connectivity index (χ2v) is 5.10. The molecule has 2 unspecified atom stereocenters. The topological polar surface area (TPSA) is 55.1 Å². The molecule has 18 heavy (non-hydrogen) atoms. The average molecular weight is 336 g/mol. The number of carbonyl (C=O) groups excluding carboxylic acids is 1. The lowest BCUT2D eigenvalue weighted by Gasteiger charge is -2.17. The molecule has 5 heteroatoms. The number of hydrogen-bond donors (Lipinski definition) is 2. The van der Waals surface area contributed by atoms with Crippen LogP contribution in [0.15, 0.2) is 28.7 Å². The second-order valence-electron chi connectivity index (χ2n) is 4.18. The molecule has 0 fully saturated rings. The van der Waals surface area contributed by atoms with Gasteiger partial charge in [0.1, 0.15) is 0 Å². The van der Waals surface area contributed by atoms with Crippen LogP contribution in [-0.4, -0.2) is 11.9 Å². The zero-order valence-electron chi connectivity index (χ0n) is 10.7. The maximum absolute atomic E-state index is 11.8. The van der Waals surface area contributed by atoms with Gasteiger partial charge in [0.2, 0.25) is 5.91 Å². The number of benzene rings is 1. The van der Waals surface area contributed by atoms with Gasteiger partial charge in [-0.3, -0.25) is 4.79 Å². The van der Waals surface area contributed by atoms with Crippen molar-refractivity contribution in [3.63, 3.8) is 0 Å². The number of nitrogens with one attached hydrogen (secondary N) is 1. The van der Waals surface area contributed by atoms with E-state index in [0.29, 0.717) is 0 Å². The number of amides is 1. The van der Waals surface area contributed by atoms with E-state index in [1.807, 2.05) is 38.1 Å². The Bertz CT molecular complexity index is 387. The lowest BCUT2D eigenvalue weighted by molar-refractivity contribution is -0.123. The van der Waals surface area contributed by atoms with Gasteiger partial charge < -0.3 is 11.1 Å². The Kier molecular flexibility index (Phi) is 8.24. The van der Waals surface area contributed by atoms with Crippen LogP contribution in [0.5, 0.6) is 0 Å². The highest BCUT2D eigenvalue weighted by Gasteiger charge is 2.15. The molecule has 0 aliphatic carbocycles. The first kappa shape index (κ1) is 17.4. The molecule has 1 rings (SSSR count). The van der Waals surface area contributed by atoms with Crippen molar-refractivity contribution in [3.8, 4) is 0 Å². The number of halogens is 2. The molecule has 3 nitrogen and oxygen atoms in total. The van der Waals surface area contributed by atoms with E-state index < -0.39 is 6.04 Å². The highest BCUT2D eigenvalue weighted by atomic mass is 79.9. The van der Waals surface area contributed by atoms with Crippen LogP contribution in [0.2, 0.25) is 0 Å². The highest BCUT2D eigenvalue weighted by Crippen LogP contribution is 2.17. The van der Waals surface area contributed by atoms with Crippen molar-refractivity contribution < 1.29 is 4.79 Å². The number of nitrogens with two attached hydrogens (primary N) is 1. The summed E-state index contributed by atoms with van der Waals surface area (Å²) in [5, 5.41) is 2.92. The molecule has 0 aliphatic rings. The Labute approximate surface area is 123 Å². The molecule has 102 valence electrons. The minimum atomic E-state index is -0.408. The number of carbonyl (C=O) groups is 1. The lowest BCUT2D eigenvalue weighted by atomic mass is 10.1. The number of hydrogen-bond acceptors (Lipinski definition) is 2. The average Bonchev–Trinajstić information content (AvgIpc) is 2.29. The van der Waals surface area contributed by atoms with E-state index in [-0.39, 0.29) is 24.4 Å². The van der Waals surface area contributed by atoms with Gasteiger partial charge in [-0.1, -0.05) is 41.4 Å². The summed E-state index contributed by atoms with van der Waals surface area (Å²) in [4.78, 5) is 11.8. The maximum Gasteiger partial charge on any atom is 0.237 e. The zero-order valence-corrected chi connectivity index (χ0v) is 13.1. The smallest absolute Gasteiger partial charge is 0.237 e. The first-order valence-corrected chi connectivity index (χ1v) is 6.65. The molecule has 1 aromatic carbocycles. The van der Waals surface area contributed by atoms with Gasteiger partial charge in [0, 0.05) is 4.47 Å². The second kappa shape index (κ2) is 8.51. The minimum absolute atomic E-state index is 0. The van der Waals surface area contributed by atoms with Crippen molar-refractivity contribution >= 4 is 34.2 Å². The minimum Gasteiger partial charge on any atom is -0.348 e. The third-order valence-electron chi connectivity index (χ3n) is 2.64. The molecule has 0 heterocycles. The summed E-state index contributed by atoms with van der Waals surface area (Å²) in [6.07, 6.45) is 1.64. The Morgan fingerprint density at radius 1 is 1.50 bits per heavy atom. The fraction of sp³-hybridized carbons (Fsp3) is 0.462. The predicted molar refractivity (Wildman–Crippen MR) is 80.8 cm³/mol. The fourth-order valence-electron chi connectivity index (χ4n) is 1.62. The lowest BCUT2D eigenvalue weighted by Crippen LogP contribution is -2.41. The van der Waals surface area contributed by atoms with Crippen LogP contribution in [0, 0.1) is 0 Å². The standard InChI is InChI=1S/C13H19BrN2O.ClH/c1-3-5-12(15)13(17)16-9(2)10-6-4-7-11(14)8-10;/h4,6-9,12H,3,5,15H2,1-2H3,(H,16,17);1H. The number of rotatable bonds is 5. The summed E-state index contributed by atoms with van der Waals surface area (Å²) in [6, 6.07) is 7.46. The Balaban J connectivity index is 0.00000289. The molecular weight excluding hydrogens is 316 g/mol. The first-order chi connectivity index (χ1) is 8.04. The van der Waals surface area contributed by atoms with E-state index in [2.05, 4.69) is 21.2 Å². The summed E-state index contributed by atoms with van der Waals surface area (Å²) in [6.45, 7) is 3.98. The van der Waals surface area contributed by atoms with E-state index in [0.717, 1.165) is 22.9 Å². The van der Waals surface area contributed by atoms with Gasteiger partial charge in [-0.25, -0.2) is 0 Å². The van der Waals surface area contributed by atoms with Gasteiger partial charge in [-0.2, -0.15) is 0 Å². The molecule has 1 amide bonds. The predicted octanol–water partition coefficient (Wildman–Crippen LogP) is 3.18. The Morgan fingerprint density at radius 3 is 2.72 bits per heavy atom. The van der Waals surface area contributed by atoms with Crippen LogP contribution in [0.1, 0.15) is 38.3 Å². The van der Waals surface area contributed by atoms with Gasteiger partial charge >= 0.3 is 0 Å². The van der Waals surface area contributed by atoms with E-state index >= 15 is 0 Å². The molecule has 0 saturated carbocycles. The van der Waals surface area contributed by atoms with E-state index in [1.54, 1.807) is 0 Å². The van der Waals surface area contributed by atoms with Crippen molar-refractivity contribution in [1.82, 2.24) is 5.32 Å². The van der Waals surface area contributed by atoms with Crippen molar-refractivity contribution in [2.45, 2.75) is 38.8 Å². The molecule has 0 bridgehead atoms. The van der Waals surface area contributed by atoms with Crippen molar-refractivity contribution in [2.24, 2.45) is 5.73 Å². The molecule has 0 radical (unpaired) electrons. The Hall–Kier alpha value is -0.580. The van der Waals surface area contributed by atoms with Gasteiger partial charge in [-0.15, -0.1) is 12.4 Å². The zero-order chi connectivity index (χ0) is 12.8. The molecule has 3 N–H and O–H groups in total. The fourth-order valence-corrected chi connectivity index (χ4v) is 2.04. The van der Waals surface area contributed by atoms with Crippen LogP contribution >= 0.6 is 28.3 Å². The molecular formula is C13H20BrClN2O. The summed E-state index contributed by atoms with van der Waals surface area (Å²) in [5.74, 6) is -0.0840. The van der Waals surface area contributed by atoms with Crippen LogP contribution < -0.4 is 11.1 Å². The molecule has 0 saturated heterocycles. The third-order valence-corrected chi connectivity index (χ3v) is 3.14. The highest BCUT2D eigenvalue weighted by molar-refractivity contribution is 9.10.